The van der Waals surface area contributed by atoms with E-state index in [1.54, 1.807) is 0 Å². The summed E-state index contributed by atoms with van der Waals surface area (Å²) in [5, 5.41) is 216. The van der Waals surface area contributed by atoms with Crippen LogP contribution in [0.25, 0.3) is 0 Å². The van der Waals surface area contributed by atoms with E-state index < -0.39 is 285 Å². The highest BCUT2D eigenvalue weighted by molar-refractivity contribution is 5.74. The molecule has 0 aromatic rings. The van der Waals surface area contributed by atoms with E-state index >= 15 is 0 Å². The molecule has 0 aromatic heterocycles. The third kappa shape index (κ3) is 16.4. The van der Waals surface area contributed by atoms with E-state index in [0.29, 0.717) is 0 Å². The first-order chi connectivity index (χ1) is 42.5. The summed E-state index contributed by atoms with van der Waals surface area (Å²) in [6, 6.07) is -6.88. The van der Waals surface area contributed by atoms with Crippen LogP contribution >= 0.6 is 0 Å². The molecule has 0 bridgehead atoms. The van der Waals surface area contributed by atoms with E-state index in [2.05, 4.69) is 21.3 Å². The Labute approximate surface area is 510 Å². The molecular formula is C50H84N4O36. The third-order valence-corrected chi connectivity index (χ3v) is 16.1. The Bertz CT molecular complexity index is 2310. The van der Waals surface area contributed by atoms with Gasteiger partial charge in [0.05, 0.1) is 46.2 Å². The highest BCUT2D eigenvalue weighted by Crippen LogP contribution is 2.37. The summed E-state index contributed by atoms with van der Waals surface area (Å²) in [4.78, 5) is 49.9. The smallest absolute Gasteiger partial charge is 0.217 e. The lowest BCUT2D eigenvalue weighted by molar-refractivity contribution is -0.382. The Morgan fingerprint density at radius 3 is 1.00 bits per heavy atom. The van der Waals surface area contributed by atoms with E-state index in [1.807, 2.05) is 0 Å². The number of hydrogen-bond donors (Lipinski definition) is 23. The summed E-state index contributed by atoms with van der Waals surface area (Å²) in [7, 11) is 0. The van der Waals surface area contributed by atoms with Crippen LogP contribution in [-0.4, -0.2) is 382 Å². The van der Waals surface area contributed by atoms with E-state index in [9.17, 15) is 116 Å². The van der Waals surface area contributed by atoms with Gasteiger partial charge in [-0.3, -0.25) is 19.2 Å². The molecule has 40 heteroatoms. The summed E-state index contributed by atoms with van der Waals surface area (Å²) < 4.78 is 75.2. The molecular weight excluding hydrogens is 1230 g/mol. The lowest BCUT2D eigenvalue weighted by atomic mass is 9.93. The van der Waals surface area contributed by atoms with Crippen molar-refractivity contribution in [1.82, 2.24) is 21.3 Å². The van der Waals surface area contributed by atoms with Crippen LogP contribution in [0.2, 0.25) is 0 Å². The van der Waals surface area contributed by atoms with Crippen molar-refractivity contribution < 1.29 is 178 Å². The van der Waals surface area contributed by atoms with Crippen molar-refractivity contribution in [3.8, 4) is 0 Å². The number of nitrogens with one attached hydrogen (secondary N) is 4. The molecule has 7 heterocycles. The van der Waals surface area contributed by atoms with Crippen LogP contribution in [0, 0.1) is 0 Å². The van der Waals surface area contributed by atoms with E-state index in [4.69, 9.17) is 61.6 Å². The van der Waals surface area contributed by atoms with Crippen molar-refractivity contribution in [2.24, 2.45) is 0 Å². The number of carbonyl (C=O) groups excluding carboxylic acids is 4. The number of rotatable bonds is 23. The second kappa shape index (κ2) is 32.4. The maximum Gasteiger partial charge on any atom is 0.217 e. The lowest BCUT2D eigenvalue weighted by Gasteiger charge is -2.50. The largest absolute Gasteiger partial charge is 0.394 e. The highest BCUT2D eigenvalue weighted by Gasteiger charge is 2.59. The van der Waals surface area contributed by atoms with Gasteiger partial charge in [-0.25, -0.2) is 0 Å². The molecule has 0 spiro atoms. The Kier molecular flexibility index (Phi) is 26.6. The van der Waals surface area contributed by atoms with Crippen LogP contribution in [0.5, 0.6) is 0 Å². The molecule has 520 valence electrons. The average molecular weight is 1320 g/mol. The fourth-order valence-corrected chi connectivity index (χ4v) is 11.5. The molecule has 7 rings (SSSR count). The quantitative estimate of drug-likeness (QED) is 0.0452. The number of amides is 4. The molecule has 0 radical (unpaired) electrons. The number of aliphatic hydroxyl groups is 19. The Morgan fingerprint density at radius 1 is 0.289 bits per heavy atom. The lowest BCUT2D eigenvalue weighted by Crippen LogP contribution is -2.70. The Hall–Kier alpha value is -3.40. The van der Waals surface area contributed by atoms with Gasteiger partial charge in [0.25, 0.3) is 0 Å². The van der Waals surface area contributed by atoms with Gasteiger partial charge >= 0.3 is 0 Å². The van der Waals surface area contributed by atoms with Gasteiger partial charge in [-0.05, 0) is 0 Å². The van der Waals surface area contributed by atoms with Crippen molar-refractivity contribution >= 4 is 23.6 Å². The van der Waals surface area contributed by atoms with Gasteiger partial charge in [-0.1, -0.05) is 0 Å². The molecule has 0 aliphatic carbocycles. The van der Waals surface area contributed by atoms with Crippen LogP contribution in [0.3, 0.4) is 0 Å². The SMILES string of the molecule is CC(=O)N[C@@H]1[C@@H](O[C@@H]2O[C@H](CO)[C@H](O)[C@H](O[C@@H]3O[C@H](CO)[C@@H](O[C@@H]4O[C@H](CO)[C@H](O)[C@H](O[C@@H]5O[C@H](CO)[C@@H](O)[C@H](O)[C@H]5NC(C)=O)[C@H]4O)[C@H](O)[C@H]3NC(C)=O)[C@H]2O)[C@@H](O)[C@@H](CO[C@@H]2O[C@H](CO)[C@@H](O[C@@H]3O[C@H](CO)[C@H](O)[C@H](O)[C@H]3O)[C@H](O)[C@H]2NC(C)=O)O[C@@H]1O. The van der Waals surface area contributed by atoms with Crippen LogP contribution in [-0.2, 0) is 80.8 Å². The molecule has 90 heavy (non-hydrogen) atoms. The molecule has 35 atom stereocenters. The van der Waals surface area contributed by atoms with Crippen molar-refractivity contribution in [2.45, 2.75) is 242 Å². The standard InChI is InChI=1S/C50H84N4O36/c1-12(61)51-23-32(70)27(65)16(5-55)80-46(23)89-42-29(67)18(7-57)82-49(37(42)75)87-40-21(10-60)85-47(25(34(40)72)53-14(3)63)90-43-30(68)19(8-58)83-50(38(43)76)88-41-26(54-15(4)64)44(77)79-22(31(41)69)11-78-45-24(52-13(2)62)33(71)39(20(9-59)84-45)86-48-36(74)35(73)28(66)17(6-56)81-48/h16-50,55-60,65-77H,5-11H2,1-4H3,(H,51,61)(H,52,62)(H,53,63)(H,54,64)/t16-,17-,18-,19-,20-,21-,22-,23-,24-,25-,26-,27-,28+,29+,30+,31+,32-,33-,34-,35+,36-,37-,38-,39-,40-,41-,42+,43+,44+,45-,46+,47+,48+,49+,50+/m1/s1. The summed E-state index contributed by atoms with van der Waals surface area (Å²) in [5.74, 6) is -3.31. The minimum absolute atomic E-state index is 0.764. The first-order valence-electron chi connectivity index (χ1n) is 28.6. The minimum Gasteiger partial charge on any atom is -0.394 e. The highest BCUT2D eigenvalue weighted by atomic mass is 16.8. The molecule has 4 amide bonds. The maximum absolute atomic E-state index is 12.8. The second-order valence-electron chi connectivity index (χ2n) is 22.5. The summed E-state index contributed by atoms with van der Waals surface area (Å²) >= 11 is 0. The molecule has 40 nitrogen and oxygen atoms in total. The van der Waals surface area contributed by atoms with Gasteiger partial charge in [-0.2, -0.15) is 0 Å². The molecule has 0 unspecified atom stereocenters. The zero-order chi connectivity index (χ0) is 66.5. The molecule has 23 N–H and O–H groups in total. The number of ether oxygens (including phenoxy) is 13. The van der Waals surface area contributed by atoms with Gasteiger partial charge in [0.1, 0.15) is 171 Å². The molecule has 7 saturated heterocycles. The van der Waals surface area contributed by atoms with Gasteiger partial charge in [0, 0.05) is 27.7 Å². The molecule has 0 saturated carbocycles. The zero-order valence-electron chi connectivity index (χ0n) is 48.6. The van der Waals surface area contributed by atoms with Crippen molar-refractivity contribution in [3.05, 3.63) is 0 Å². The Balaban J connectivity index is 1.08. The molecule has 0 aromatic carbocycles. The molecule has 7 aliphatic rings. The fourth-order valence-electron chi connectivity index (χ4n) is 11.5. The van der Waals surface area contributed by atoms with Crippen molar-refractivity contribution in [1.29, 1.82) is 0 Å². The van der Waals surface area contributed by atoms with Crippen LogP contribution in [0.4, 0.5) is 0 Å². The zero-order valence-corrected chi connectivity index (χ0v) is 48.6. The van der Waals surface area contributed by atoms with Gasteiger partial charge in [0.15, 0.2) is 44.0 Å². The fraction of sp³-hybridized carbons (Fsp3) is 0.920. The van der Waals surface area contributed by atoms with Crippen LogP contribution in [0.1, 0.15) is 27.7 Å². The number of aliphatic hydroxyl groups excluding tert-OH is 19. The summed E-state index contributed by atoms with van der Waals surface area (Å²) in [6.07, 6.45) is -59.3. The number of hydrogen-bond acceptors (Lipinski definition) is 36. The maximum atomic E-state index is 12.8. The van der Waals surface area contributed by atoms with E-state index in [1.165, 1.54) is 0 Å². The average Bonchev–Trinajstić information content (AvgIpc) is 1.48. The van der Waals surface area contributed by atoms with Crippen LogP contribution in [0.15, 0.2) is 0 Å². The molecule has 7 fully saturated rings. The topological polar surface area (TPSA) is 621 Å². The third-order valence-electron chi connectivity index (χ3n) is 16.1. The van der Waals surface area contributed by atoms with Gasteiger partial charge in [0.2, 0.25) is 23.6 Å². The minimum atomic E-state index is -2.30. The van der Waals surface area contributed by atoms with E-state index in [-0.39, 0.29) is 0 Å². The van der Waals surface area contributed by atoms with Crippen LogP contribution < -0.4 is 21.3 Å². The summed E-state index contributed by atoms with van der Waals surface area (Å²) in [6.45, 7) is -2.73. The van der Waals surface area contributed by atoms with Gasteiger partial charge < -0.3 is 180 Å². The predicted molar refractivity (Wildman–Crippen MR) is 278 cm³/mol. The molecule has 7 aliphatic heterocycles. The first-order valence-corrected chi connectivity index (χ1v) is 28.6. The first kappa shape index (κ1) is 74.0. The van der Waals surface area contributed by atoms with Crippen molar-refractivity contribution in [3.63, 3.8) is 0 Å². The van der Waals surface area contributed by atoms with Crippen molar-refractivity contribution in [2.75, 3.05) is 46.2 Å². The second-order valence-corrected chi connectivity index (χ2v) is 22.5. The normalized spacial score (nSPS) is 47.6. The summed E-state index contributed by atoms with van der Waals surface area (Å²) in [5.41, 5.74) is 0. The van der Waals surface area contributed by atoms with E-state index in [0.717, 1.165) is 27.7 Å². The number of carbonyl (C=O) groups is 4. The predicted octanol–water partition coefficient (Wildman–Crippen LogP) is -15.7. The Morgan fingerprint density at radius 2 is 0.589 bits per heavy atom. The monoisotopic (exact) mass is 1320 g/mol. The van der Waals surface area contributed by atoms with Gasteiger partial charge in [-0.15, -0.1) is 0 Å².